The number of nitro groups is 1. The molecule has 1 N–H and O–H groups in total. The van der Waals surface area contributed by atoms with E-state index in [2.05, 4.69) is 34.1 Å². The van der Waals surface area contributed by atoms with Crippen molar-refractivity contribution in [1.82, 2.24) is 24.2 Å². The predicted molar refractivity (Wildman–Crippen MR) is 114 cm³/mol. The van der Waals surface area contributed by atoms with Crippen LogP contribution < -0.4 is 5.32 Å². The van der Waals surface area contributed by atoms with Gasteiger partial charge in [0.1, 0.15) is 11.9 Å². The van der Waals surface area contributed by atoms with Crippen molar-refractivity contribution in [2.24, 2.45) is 0 Å². The van der Waals surface area contributed by atoms with Gasteiger partial charge in [0, 0.05) is 19.5 Å². The van der Waals surface area contributed by atoms with Gasteiger partial charge in [-0.15, -0.1) is 0 Å². The Hall–Kier alpha value is -3.27. The highest BCUT2D eigenvalue weighted by molar-refractivity contribution is 5.91. The number of nitrogens with one attached hydrogen (secondary N) is 1. The summed E-state index contributed by atoms with van der Waals surface area (Å²) in [5.74, 6) is 0.295. The van der Waals surface area contributed by atoms with Crippen LogP contribution in [-0.2, 0) is 17.9 Å². The van der Waals surface area contributed by atoms with Crippen LogP contribution in [-0.4, -0.2) is 54.7 Å². The number of anilines is 1. The second kappa shape index (κ2) is 9.49. The molecule has 10 heteroatoms. The summed E-state index contributed by atoms with van der Waals surface area (Å²) in [5.41, 5.74) is 2.18. The maximum Gasteiger partial charge on any atom is 0.309 e. The van der Waals surface area contributed by atoms with Gasteiger partial charge in [-0.3, -0.25) is 24.9 Å². The molecule has 10 nitrogen and oxygen atoms in total. The summed E-state index contributed by atoms with van der Waals surface area (Å²) in [7, 11) is 0. The molecule has 1 aromatic carbocycles. The Morgan fingerprint density at radius 1 is 1.23 bits per heavy atom. The van der Waals surface area contributed by atoms with Gasteiger partial charge in [0.15, 0.2) is 0 Å². The van der Waals surface area contributed by atoms with Gasteiger partial charge < -0.3 is 9.47 Å². The van der Waals surface area contributed by atoms with Gasteiger partial charge in [0.25, 0.3) is 0 Å². The monoisotopic (exact) mass is 413 g/mol. The van der Waals surface area contributed by atoms with Crippen LogP contribution in [0.25, 0.3) is 11.0 Å². The van der Waals surface area contributed by atoms with E-state index in [1.807, 2.05) is 28.8 Å². The van der Waals surface area contributed by atoms with E-state index >= 15 is 0 Å². The predicted octanol–water partition coefficient (Wildman–Crippen LogP) is 2.82. The fourth-order valence-electron chi connectivity index (χ4n) is 3.41. The van der Waals surface area contributed by atoms with Crippen LogP contribution in [0.2, 0.25) is 0 Å². The topological polar surface area (TPSA) is 111 Å². The molecule has 0 unspecified atom stereocenters. The lowest BCUT2D eigenvalue weighted by atomic mass is 10.3. The Kier molecular flexibility index (Phi) is 6.78. The number of para-hydroxylation sites is 2. The van der Waals surface area contributed by atoms with Crippen molar-refractivity contribution in [3.05, 3.63) is 46.3 Å². The van der Waals surface area contributed by atoms with Crippen molar-refractivity contribution in [2.75, 3.05) is 25.0 Å². The third-order valence-corrected chi connectivity index (χ3v) is 5.26. The Morgan fingerprint density at radius 3 is 2.63 bits per heavy atom. The smallest absolute Gasteiger partial charge is 0.309 e. The first kappa shape index (κ1) is 21.4. The van der Waals surface area contributed by atoms with Crippen LogP contribution in [0.3, 0.4) is 0 Å². The summed E-state index contributed by atoms with van der Waals surface area (Å²) >= 11 is 0. The van der Waals surface area contributed by atoms with E-state index in [-0.39, 0.29) is 24.6 Å². The van der Waals surface area contributed by atoms with Crippen molar-refractivity contribution in [3.63, 3.8) is 0 Å². The molecule has 0 saturated carbocycles. The lowest BCUT2D eigenvalue weighted by Gasteiger charge is -2.19. The van der Waals surface area contributed by atoms with E-state index in [4.69, 9.17) is 0 Å². The van der Waals surface area contributed by atoms with Gasteiger partial charge in [-0.05, 0) is 32.1 Å². The number of hydrogen-bond donors (Lipinski definition) is 1. The van der Waals surface area contributed by atoms with E-state index in [9.17, 15) is 14.9 Å². The average molecular weight is 413 g/mol. The second-order valence-corrected chi connectivity index (χ2v) is 7.00. The molecule has 3 rings (SSSR count). The van der Waals surface area contributed by atoms with Crippen molar-refractivity contribution < 1.29 is 9.72 Å². The highest BCUT2D eigenvalue weighted by Gasteiger charge is 2.18. The summed E-state index contributed by atoms with van der Waals surface area (Å²) in [4.78, 5) is 29.9. The Balaban J connectivity index is 1.72. The Morgan fingerprint density at radius 2 is 1.97 bits per heavy atom. The lowest BCUT2D eigenvalue weighted by Crippen LogP contribution is -2.28. The summed E-state index contributed by atoms with van der Waals surface area (Å²) in [6, 6.07) is 7.79. The lowest BCUT2D eigenvalue weighted by molar-refractivity contribution is -0.385. The van der Waals surface area contributed by atoms with Crippen molar-refractivity contribution in [1.29, 1.82) is 0 Å². The number of amides is 1. The number of hydrogen-bond acceptors (Lipinski definition) is 6. The number of imidazole rings is 1. The number of likely N-dealkylation sites (N-methyl/N-ethyl adjacent to an activating group) is 1. The molecule has 3 aromatic rings. The van der Waals surface area contributed by atoms with Crippen LogP contribution in [0.15, 0.2) is 30.5 Å². The van der Waals surface area contributed by atoms with E-state index in [0.717, 1.165) is 30.7 Å². The Labute approximate surface area is 174 Å². The largest absolute Gasteiger partial charge is 0.309 e. The minimum absolute atomic E-state index is 0.0476. The second-order valence-electron chi connectivity index (χ2n) is 7.00. The highest BCUT2D eigenvalue weighted by Crippen LogP contribution is 2.20. The summed E-state index contributed by atoms with van der Waals surface area (Å²) < 4.78 is 3.50. The molecule has 2 aromatic heterocycles. The van der Waals surface area contributed by atoms with E-state index < -0.39 is 4.92 Å². The van der Waals surface area contributed by atoms with Gasteiger partial charge in [0.2, 0.25) is 11.9 Å². The molecular weight excluding hydrogens is 386 g/mol. The minimum Gasteiger partial charge on any atom is -0.309 e. The zero-order valence-electron chi connectivity index (χ0n) is 17.5. The van der Waals surface area contributed by atoms with Crippen LogP contribution in [0.5, 0.6) is 0 Å². The van der Waals surface area contributed by atoms with Gasteiger partial charge >= 0.3 is 5.69 Å². The number of aromatic nitrogens is 4. The Bertz CT molecular complexity index is 1040. The number of rotatable bonds is 10. The van der Waals surface area contributed by atoms with Crippen molar-refractivity contribution >= 4 is 28.6 Å². The molecule has 1 amide bonds. The maximum atomic E-state index is 12.6. The molecule has 30 heavy (non-hydrogen) atoms. The zero-order chi connectivity index (χ0) is 21.7. The van der Waals surface area contributed by atoms with Gasteiger partial charge in [-0.25, -0.2) is 4.98 Å². The first-order chi connectivity index (χ1) is 14.4. The van der Waals surface area contributed by atoms with Crippen molar-refractivity contribution in [3.8, 4) is 0 Å². The summed E-state index contributed by atoms with van der Waals surface area (Å²) in [5, 5.41) is 17.9. The number of benzene rings is 1. The quantitative estimate of drug-likeness (QED) is 0.404. The fourth-order valence-corrected chi connectivity index (χ4v) is 3.41. The molecule has 2 heterocycles. The molecule has 0 aliphatic rings. The van der Waals surface area contributed by atoms with Crippen LogP contribution >= 0.6 is 0 Å². The molecule has 0 aliphatic carbocycles. The van der Waals surface area contributed by atoms with E-state index in [0.29, 0.717) is 18.2 Å². The van der Waals surface area contributed by atoms with Gasteiger partial charge in [-0.2, -0.15) is 5.10 Å². The molecule has 0 fully saturated rings. The normalized spacial score (nSPS) is 11.3. The molecule has 0 atom stereocenters. The molecule has 0 spiro atoms. The standard InChI is InChI=1S/C20H27N7O3/c1-4-24(5-2)12-13-25-17-9-7-6-8-16(17)22-20(25)23-19(28)10-11-26-15(3)18(14-21-26)27(29)30/h6-9,14H,4-5,10-13H2,1-3H3,(H,22,23,28). The van der Waals surface area contributed by atoms with E-state index in [1.54, 1.807) is 6.92 Å². The molecule has 0 radical (unpaired) electrons. The number of nitrogens with zero attached hydrogens (tertiary/aromatic N) is 6. The average Bonchev–Trinajstić information content (AvgIpc) is 3.27. The van der Waals surface area contributed by atoms with Gasteiger partial charge in [0.05, 0.1) is 22.5 Å². The van der Waals surface area contributed by atoms with Crippen molar-refractivity contribution in [2.45, 2.75) is 40.3 Å². The van der Waals surface area contributed by atoms with Crippen LogP contribution in [0.1, 0.15) is 26.0 Å². The maximum absolute atomic E-state index is 12.6. The molecular formula is C20H27N7O3. The summed E-state index contributed by atoms with van der Waals surface area (Å²) in [6.45, 7) is 9.61. The molecule has 0 saturated heterocycles. The van der Waals surface area contributed by atoms with Gasteiger partial charge in [-0.1, -0.05) is 26.0 Å². The third-order valence-electron chi connectivity index (χ3n) is 5.26. The molecule has 160 valence electrons. The third kappa shape index (κ3) is 4.65. The SMILES string of the molecule is CCN(CC)CCn1c(NC(=O)CCn2ncc([N+](=O)[O-])c2C)nc2ccccc21. The number of fused-ring (bicyclic) bond motifs is 1. The number of carbonyl (C=O) groups is 1. The first-order valence-electron chi connectivity index (χ1n) is 10.1. The first-order valence-corrected chi connectivity index (χ1v) is 10.1. The minimum atomic E-state index is -0.475. The zero-order valence-corrected chi connectivity index (χ0v) is 17.5. The summed E-state index contributed by atoms with van der Waals surface area (Å²) in [6.07, 6.45) is 1.35. The highest BCUT2D eigenvalue weighted by atomic mass is 16.6. The van der Waals surface area contributed by atoms with E-state index in [1.165, 1.54) is 10.9 Å². The van der Waals surface area contributed by atoms with Crippen LogP contribution in [0, 0.1) is 17.0 Å². The molecule has 0 aliphatic heterocycles. The fraction of sp³-hybridized carbons (Fsp3) is 0.450. The van der Waals surface area contributed by atoms with Crippen LogP contribution in [0.4, 0.5) is 11.6 Å². The number of aryl methyl sites for hydroxylation is 1. The number of carbonyl (C=O) groups excluding carboxylic acids is 1. The molecule has 0 bridgehead atoms.